The van der Waals surface area contributed by atoms with Crippen LogP contribution in [0, 0.1) is 0 Å². The van der Waals surface area contributed by atoms with E-state index in [-0.39, 0.29) is 29.7 Å². The van der Waals surface area contributed by atoms with Crippen molar-refractivity contribution >= 4 is 40.2 Å². The van der Waals surface area contributed by atoms with Crippen molar-refractivity contribution in [1.82, 2.24) is 14.9 Å². The molecule has 2 N–H and O–H groups in total. The topological polar surface area (TPSA) is 93.1 Å². The van der Waals surface area contributed by atoms with E-state index in [1.54, 1.807) is 16.7 Å². The molecule has 3 aromatic rings. The van der Waals surface area contributed by atoms with Gasteiger partial charge in [-0.15, -0.1) is 0 Å². The molecule has 0 aliphatic heterocycles. The molecule has 0 aliphatic carbocycles. The summed E-state index contributed by atoms with van der Waals surface area (Å²) in [5, 5.41) is 6.52. The number of para-hydroxylation sites is 2. The summed E-state index contributed by atoms with van der Waals surface area (Å²) < 4.78 is 1.61. The first-order valence-corrected chi connectivity index (χ1v) is 11.3. The minimum Gasteiger partial charge on any atom is -0.346 e. The van der Waals surface area contributed by atoms with E-state index in [2.05, 4.69) is 15.6 Å². The normalized spacial score (nSPS) is 10.8. The Balaban J connectivity index is 1.60. The number of fused-ring (bicyclic) bond motifs is 1. The van der Waals surface area contributed by atoms with Gasteiger partial charge in [-0.1, -0.05) is 55.9 Å². The van der Waals surface area contributed by atoms with Gasteiger partial charge in [0.25, 0.3) is 5.56 Å². The molecule has 1 aromatic heterocycles. The average molecular weight is 439 g/mol. The van der Waals surface area contributed by atoms with E-state index in [0.717, 1.165) is 24.1 Å². The number of anilines is 1. The maximum absolute atomic E-state index is 12.8. The number of hydrogen-bond donors (Lipinski definition) is 2. The Bertz CT molecular complexity index is 1140. The number of amides is 2. The Morgan fingerprint density at radius 1 is 1.03 bits per heavy atom. The highest BCUT2D eigenvalue weighted by atomic mass is 32.2. The number of hydrogen-bond acceptors (Lipinski definition) is 5. The molecule has 1 heterocycles. The summed E-state index contributed by atoms with van der Waals surface area (Å²) in [4.78, 5) is 41.8. The monoisotopic (exact) mass is 438 g/mol. The largest absolute Gasteiger partial charge is 0.346 e. The van der Waals surface area contributed by atoms with Gasteiger partial charge in [-0.25, -0.2) is 4.98 Å². The lowest BCUT2D eigenvalue weighted by Gasteiger charge is -2.12. The van der Waals surface area contributed by atoms with E-state index in [9.17, 15) is 14.4 Å². The van der Waals surface area contributed by atoms with Gasteiger partial charge in [0.1, 0.15) is 0 Å². The lowest BCUT2D eigenvalue weighted by Crippen LogP contribution is -2.34. The van der Waals surface area contributed by atoms with Gasteiger partial charge in [0.2, 0.25) is 11.8 Å². The summed E-state index contributed by atoms with van der Waals surface area (Å²) in [6, 6.07) is 14.8. The zero-order valence-electron chi connectivity index (χ0n) is 17.7. The fourth-order valence-corrected chi connectivity index (χ4v) is 4.04. The molecule has 0 aliphatic rings. The Morgan fingerprint density at radius 2 is 1.77 bits per heavy atom. The molecule has 2 amide bonds. The van der Waals surface area contributed by atoms with E-state index >= 15 is 0 Å². The third-order valence-corrected chi connectivity index (χ3v) is 5.70. The van der Waals surface area contributed by atoms with Crippen molar-refractivity contribution in [1.29, 1.82) is 0 Å². The molecule has 0 radical (unpaired) electrons. The van der Waals surface area contributed by atoms with Crippen molar-refractivity contribution in [3.63, 3.8) is 0 Å². The van der Waals surface area contributed by atoms with E-state index in [1.807, 2.05) is 50.2 Å². The quantitative estimate of drug-likeness (QED) is 0.395. The van der Waals surface area contributed by atoms with Crippen LogP contribution in [0.5, 0.6) is 0 Å². The van der Waals surface area contributed by atoms with Crippen LogP contribution in [0.25, 0.3) is 10.9 Å². The summed E-state index contributed by atoms with van der Waals surface area (Å²) in [7, 11) is 0. The second kappa shape index (κ2) is 10.8. The Hall–Kier alpha value is -3.13. The van der Waals surface area contributed by atoms with Gasteiger partial charge in [-0.2, -0.15) is 0 Å². The Kier molecular flexibility index (Phi) is 7.83. The first kappa shape index (κ1) is 22.6. The molecule has 0 fully saturated rings. The number of benzene rings is 2. The Labute approximate surface area is 185 Å². The van der Waals surface area contributed by atoms with E-state index in [0.29, 0.717) is 22.6 Å². The first-order valence-electron chi connectivity index (χ1n) is 10.3. The lowest BCUT2D eigenvalue weighted by atomic mass is 10.1. The molecule has 0 unspecified atom stereocenters. The molecule has 0 spiro atoms. The highest BCUT2D eigenvalue weighted by Gasteiger charge is 2.13. The zero-order chi connectivity index (χ0) is 22.2. The van der Waals surface area contributed by atoms with Crippen LogP contribution in [0.1, 0.15) is 25.8 Å². The summed E-state index contributed by atoms with van der Waals surface area (Å²) in [6.07, 6.45) is 1.58. The molecule has 2 aromatic carbocycles. The molecule has 0 saturated heterocycles. The van der Waals surface area contributed by atoms with Crippen LogP contribution < -0.4 is 16.2 Å². The highest BCUT2D eigenvalue weighted by molar-refractivity contribution is 7.99. The SMILES string of the molecule is CCCn1c(SCC(=O)NCC(=O)Nc2ccccc2CC)nc2ccccc2c1=O. The van der Waals surface area contributed by atoms with Crippen molar-refractivity contribution in [3.8, 4) is 0 Å². The second-order valence-electron chi connectivity index (χ2n) is 6.99. The third-order valence-electron chi connectivity index (χ3n) is 4.72. The average Bonchev–Trinajstić information content (AvgIpc) is 2.79. The first-order chi connectivity index (χ1) is 15.0. The number of aromatic nitrogens is 2. The minimum absolute atomic E-state index is 0.0628. The van der Waals surface area contributed by atoms with Crippen molar-refractivity contribution in [2.24, 2.45) is 0 Å². The fourth-order valence-electron chi connectivity index (χ4n) is 3.18. The van der Waals surface area contributed by atoms with Crippen LogP contribution in [0.2, 0.25) is 0 Å². The van der Waals surface area contributed by atoms with Gasteiger partial charge in [0, 0.05) is 12.2 Å². The number of rotatable bonds is 9. The van der Waals surface area contributed by atoms with E-state index in [1.165, 1.54) is 11.8 Å². The van der Waals surface area contributed by atoms with Gasteiger partial charge in [-0.05, 0) is 36.6 Å². The maximum atomic E-state index is 12.8. The van der Waals surface area contributed by atoms with Gasteiger partial charge in [0.05, 0.1) is 23.2 Å². The molecule has 3 rings (SSSR count). The minimum atomic E-state index is -0.297. The lowest BCUT2D eigenvalue weighted by molar-refractivity contribution is -0.122. The van der Waals surface area contributed by atoms with Crippen molar-refractivity contribution in [3.05, 3.63) is 64.4 Å². The zero-order valence-corrected chi connectivity index (χ0v) is 18.5. The molecule has 0 bridgehead atoms. The van der Waals surface area contributed by atoms with Crippen LogP contribution in [-0.2, 0) is 22.6 Å². The fraction of sp³-hybridized carbons (Fsp3) is 0.304. The van der Waals surface area contributed by atoms with E-state index in [4.69, 9.17) is 0 Å². The molecule has 162 valence electrons. The Morgan fingerprint density at radius 3 is 2.55 bits per heavy atom. The number of carbonyl (C=O) groups is 2. The van der Waals surface area contributed by atoms with Crippen LogP contribution in [0.15, 0.2) is 58.5 Å². The van der Waals surface area contributed by atoms with Crippen LogP contribution >= 0.6 is 11.8 Å². The van der Waals surface area contributed by atoms with Crippen LogP contribution in [0.3, 0.4) is 0 Å². The molecular weight excluding hydrogens is 412 g/mol. The molecule has 8 heteroatoms. The number of thioether (sulfide) groups is 1. The summed E-state index contributed by atoms with van der Waals surface area (Å²) in [6.45, 7) is 4.41. The molecule has 31 heavy (non-hydrogen) atoms. The van der Waals surface area contributed by atoms with Crippen molar-refractivity contribution in [2.75, 3.05) is 17.6 Å². The number of nitrogens with one attached hydrogen (secondary N) is 2. The number of carbonyl (C=O) groups excluding carboxylic acids is 2. The van der Waals surface area contributed by atoms with Gasteiger partial charge >= 0.3 is 0 Å². The summed E-state index contributed by atoms with van der Waals surface area (Å²) in [5.41, 5.74) is 2.29. The smallest absolute Gasteiger partial charge is 0.262 e. The van der Waals surface area contributed by atoms with Gasteiger partial charge in [0.15, 0.2) is 5.16 Å². The molecule has 0 atom stereocenters. The summed E-state index contributed by atoms with van der Waals surface area (Å²) in [5.74, 6) is -0.520. The number of aryl methyl sites for hydroxylation is 1. The van der Waals surface area contributed by atoms with Crippen molar-refractivity contribution in [2.45, 2.75) is 38.4 Å². The highest BCUT2D eigenvalue weighted by Crippen LogP contribution is 2.18. The maximum Gasteiger partial charge on any atom is 0.262 e. The number of nitrogens with zero attached hydrogens (tertiary/aromatic N) is 2. The predicted octanol–water partition coefficient (Wildman–Crippen LogP) is 3.22. The third kappa shape index (κ3) is 5.73. The molecule has 0 saturated carbocycles. The molecular formula is C23H26N4O3S. The predicted molar refractivity (Wildman–Crippen MR) is 124 cm³/mol. The van der Waals surface area contributed by atoms with Crippen molar-refractivity contribution < 1.29 is 9.59 Å². The van der Waals surface area contributed by atoms with Gasteiger partial charge in [-0.3, -0.25) is 19.0 Å². The molecule has 7 nitrogen and oxygen atoms in total. The summed E-state index contributed by atoms with van der Waals surface area (Å²) >= 11 is 1.19. The van der Waals surface area contributed by atoms with E-state index < -0.39 is 0 Å². The van der Waals surface area contributed by atoms with Gasteiger partial charge < -0.3 is 10.6 Å². The van der Waals surface area contributed by atoms with Crippen LogP contribution in [0.4, 0.5) is 5.69 Å². The second-order valence-corrected chi connectivity index (χ2v) is 7.94. The van der Waals surface area contributed by atoms with Crippen LogP contribution in [-0.4, -0.2) is 33.7 Å². The standard InChI is InChI=1S/C23H26N4O3S/c1-3-13-27-22(30)17-10-6-8-12-19(17)26-23(27)31-15-21(29)24-14-20(28)25-18-11-7-5-9-16(18)4-2/h5-12H,3-4,13-15H2,1-2H3,(H,24,29)(H,25,28).